The zero-order valence-corrected chi connectivity index (χ0v) is 15.7. The number of hydrogen-bond donors (Lipinski definition) is 1. The van der Waals surface area contributed by atoms with Crippen molar-refractivity contribution >= 4 is 16.8 Å². The summed E-state index contributed by atoms with van der Waals surface area (Å²) in [6, 6.07) is 6.62. The summed E-state index contributed by atoms with van der Waals surface area (Å²) in [4.78, 5) is 46.4. The molecule has 0 saturated carbocycles. The molecule has 4 rings (SSSR count). The highest BCUT2D eigenvalue weighted by molar-refractivity contribution is 5.96. The molecular formula is C20H19FN4O4. The number of nitrogens with zero attached hydrogens (tertiary/aromatic N) is 3. The molecule has 2 aromatic heterocycles. The van der Waals surface area contributed by atoms with E-state index in [-0.39, 0.29) is 23.2 Å². The lowest BCUT2D eigenvalue weighted by molar-refractivity contribution is 0.0688. The minimum Gasteiger partial charge on any atom is -0.480 e. The fraction of sp³-hybridized carbons (Fsp3) is 0.300. The van der Waals surface area contributed by atoms with Crippen molar-refractivity contribution in [2.24, 2.45) is 0 Å². The Morgan fingerprint density at radius 3 is 2.72 bits per heavy atom. The van der Waals surface area contributed by atoms with Crippen LogP contribution in [0.5, 0.6) is 5.88 Å². The highest BCUT2D eigenvalue weighted by Crippen LogP contribution is 2.24. The molecule has 0 atom stereocenters. The standard InChI is InChI=1S/C20H19FN4O4/c1-29-17-14(3-2-8-22-17)18(26)24-9-6-13(7-10-24)25-19(27)15-11-12(21)4-5-16(15)23-20(25)28/h2-5,8,11,13H,6-7,9-10H2,1H3,(H,23,28). The highest BCUT2D eigenvalue weighted by Gasteiger charge is 2.28. The summed E-state index contributed by atoms with van der Waals surface area (Å²) in [7, 11) is 1.45. The zero-order chi connectivity index (χ0) is 20.5. The molecule has 0 radical (unpaired) electrons. The van der Waals surface area contributed by atoms with Crippen LogP contribution in [0, 0.1) is 5.82 Å². The molecule has 1 aliphatic rings. The van der Waals surface area contributed by atoms with Crippen molar-refractivity contribution < 1.29 is 13.9 Å². The van der Waals surface area contributed by atoms with Crippen molar-refractivity contribution in [3.05, 3.63) is 68.7 Å². The summed E-state index contributed by atoms with van der Waals surface area (Å²) in [6.07, 6.45) is 2.40. The molecule has 3 heterocycles. The van der Waals surface area contributed by atoms with Gasteiger partial charge >= 0.3 is 5.69 Å². The van der Waals surface area contributed by atoms with Crippen LogP contribution in [-0.4, -0.2) is 45.5 Å². The molecule has 1 fully saturated rings. The predicted molar refractivity (Wildman–Crippen MR) is 104 cm³/mol. The average Bonchev–Trinajstić information content (AvgIpc) is 2.74. The van der Waals surface area contributed by atoms with Crippen molar-refractivity contribution in [3.63, 3.8) is 0 Å². The number of benzene rings is 1. The maximum absolute atomic E-state index is 13.6. The van der Waals surface area contributed by atoms with Gasteiger partial charge in [-0.2, -0.15) is 0 Å². The van der Waals surface area contributed by atoms with Gasteiger partial charge < -0.3 is 14.6 Å². The van der Waals surface area contributed by atoms with Crippen molar-refractivity contribution in [1.82, 2.24) is 19.4 Å². The van der Waals surface area contributed by atoms with Gasteiger partial charge in [0.2, 0.25) is 5.88 Å². The lowest BCUT2D eigenvalue weighted by atomic mass is 10.0. The Bertz CT molecular complexity index is 1200. The number of H-pyrrole nitrogens is 1. The first kappa shape index (κ1) is 18.9. The average molecular weight is 398 g/mol. The van der Waals surface area contributed by atoms with Crippen molar-refractivity contribution in [2.75, 3.05) is 20.2 Å². The summed E-state index contributed by atoms with van der Waals surface area (Å²) < 4.78 is 19.8. The molecule has 29 heavy (non-hydrogen) atoms. The van der Waals surface area contributed by atoms with E-state index in [1.807, 2.05) is 0 Å². The molecule has 3 aromatic rings. The van der Waals surface area contributed by atoms with Crippen molar-refractivity contribution in [1.29, 1.82) is 0 Å². The number of fused-ring (bicyclic) bond motifs is 1. The first-order valence-corrected chi connectivity index (χ1v) is 9.22. The van der Waals surface area contributed by atoms with Gasteiger partial charge in [0.25, 0.3) is 11.5 Å². The third-order valence-electron chi connectivity index (χ3n) is 5.20. The topological polar surface area (TPSA) is 97.3 Å². The minimum atomic E-state index is -0.543. The molecule has 0 bridgehead atoms. The molecule has 1 amide bonds. The van der Waals surface area contributed by atoms with Gasteiger partial charge in [-0.1, -0.05) is 0 Å². The number of carbonyl (C=O) groups is 1. The summed E-state index contributed by atoms with van der Waals surface area (Å²) >= 11 is 0. The number of carbonyl (C=O) groups excluding carboxylic acids is 1. The van der Waals surface area contributed by atoms with E-state index in [0.717, 1.165) is 10.6 Å². The van der Waals surface area contributed by atoms with Gasteiger partial charge in [-0.3, -0.25) is 14.2 Å². The number of amides is 1. The Balaban J connectivity index is 1.58. The third kappa shape index (κ3) is 3.39. The van der Waals surface area contributed by atoms with Gasteiger partial charge in [-0.15, -0.1) is 0 Å². The van der Waals surface area contributed by atoms with Crippen LogP contribution in [0.3, 0.4) is 0 Å². The van der Waals surface area contributed by atoms with Gasteiger partial charge in [-0.05, 0) is 43.2 Å². The fourth-order valence-electron chi connectivity index (χ4n) is 3.75. The lowest BCUT2D eigenvalue weighted by Crippen LogP contribution is -2.45. The monoisotopic (exact) mass is 398 g/mol. The second-order valence-electron chi connectivity index (χ2n) is 6.88. The van der Waals surface area contributed by atoms with Crippen LogP contribution in [0.25, 0.3) is 10.9 Å². The number of rotatable bonds is 3. The number of pyridine rings is 1. The molecule has 8 nitrogen and oxygen atoms in total. The van der Waals surface area contributed by atoms with E-state index in [2.05, 4.69) is 9.97 Å². The maximum Gasteiger partial charge on any atom is 0.329 e. The maximum atomic E-state index is 13.6. The van der Waals surface area contributed by atoms with Crippen molar-refractivity contribution in [3.8, 4) is 5.88 Å². The van der Waals surface area contributed by atoms with Gasteiger partial charge in [0.1, 0.15) is 11.4 Å². The van der Waals surface area contributed by atoms with E-state index in [1.54, 1.807) is 23.2 Å². The highest BCUT2D eigenvalue weighted by atomic mass is 19.1. The number of nitrogens with one attached hydrogen (secondary N) is 1. The Morgan fingerprint density at radius 1 is 1.24 bits per heavy atom. The number of ether oxygens (including phenoxy) is 1. The Kier molecular flexibility index (Phi) is 4.87. The molecule has 1 aliphatic heterocycles. The molecular weight excluding hydrogens is 379 g/mol. The molecule has 150 valence electrons. The molecule has 0 aliphatic carbocycles. The fourth-order valence-corrected chi connectivity index (χ4v) is 3.75. The first-order valence-electron chi connectivity index (χ1n) is 9.22. The normalized spacial score (nSPS) is 14.9. The summed E-state index contributed by atoms with van der Waals surface area (Å²) in [6.45, 7) is 0.739. The van der Waals surface area contributed by atoms with Crippen molar-refractivity contribution in [2.45, 2.75) is 18.9 Å². The summed E-state index contributed by atoms with van der Waals surface area (Å²) in [5, 5.41) is 0.128. The SMILES string of the molecule is COc1ncccc1C(=O)N1CCC(n2c(=O)[nH]c3ccc(F)cc3c2=O)CC1. The number of halogens is 1. The Hall–Kier alpha value is -3.49. The van der Waals surface area contributed by atoms with Gasteiger partial charge in [0.15, 0.2) is 0 Å². The van der Waals surface area contributed by atoms with Crippen LogP contribution in [0.4, 0.5) is 4.39 Å². The third-order valence-corrected chi connectivity index (χ3v) is 5.20. The predicted octanol–water partition coefficient (Wildman–Crippen LogP) is 1.71. The van der Waals surface area contributed by atoms with Crippen LogP contribution in [0.15, 0.2) is 46.1 Å². The smallest absolute Gasteiger partial charge is 0.329 e. The number of likely N-dealkylation sites (tertiary alicyclic amines) is 1. The van der Waals surface area contributed by atoms with Crippen LogP contribution in [-0.2, 0) is 0 Å². The molecule has 0 spiro atoms. The van der Waals surface area contributed by atoms with Crippen LogP contribution in [0.2, 0.25) is 0 Å². The second-order valence-corrected chi connectivity index (χ2v) is 6.88. The van der Waals surface area contributed by atoms with Gasteiger partial charge in [-0.25, -0.2) is 14.2 Å². The number of hydrogen-bond acceptors (Lipinski definition) is 5. The largest absolute Gasteiger partial charge is 0.480 e. The second kappa shape index (κ2) is 7.50. The number of piperidine rings is 1. The number of aromatic amines is 1. The summed E-state index contributed by atoms with van der Waals surface area (Å²) in [5.74, 6) is -0.502. The van der Waals surface area contributed by atoms with Crippen LogP contribution in [0.1, 0.15) is 29.2 Å². The van der Waals surface area contributed by atoms with E-state index in [4.69, 9.17) is 4.74 Å². The first-order chi connectivity index (χ1) is 14.0. The van der Waals surface area contributed by atoms with E-state index in [1.165, 1.54) is 19.2 Å². The minimum absolute atomic E-state index is 0.128. The van der Waals surface area contributed by atoms with Gasteiger partial charge in [0, 0.05) is 25.3 Å². The van der Waals surface area contributed by atoms with E-state index in [0.29, 0.717) is 37.0 Å². The lowest BCUT2D eigenvalue weighted by Gasteiger charge is -2.32. The van der Waals surface area contributed by atoms with Gasteiger partial charge in [0.05, 0.1) is 18.0 Å². The molecule has 1 N–H and O–H groups in total. The zero-order valence-electron chi connectivity index (χ0n) is 15.7. The molecule has 1 saturated heterocycles. The van der Waals surface area contributed by atoms with Crippen LogP contribution >= 0.6 is 0 Å². The van der Waals surface area contributed by atoms with E-state index in [9.17, 15) is 18.8 Å². The molecule has 1 aromatic carbocycles. The Morgan fingerprint density at radius 2 is 2.00 bits per heavy atom. The van der Waals surface area contributed by atoms with E-state index < -0.39 is 17.1 Å². The molecule has 9 heteroatoms. The quantitative estimate of drug-likeness (QED) is 0.724. The van der Waals surface area contributed by atoms with Crippen LogP contribution < -0.4 is 16.0 Å². The number of aromatic nitrogens is 3. The summed E-state index contributed by atoms with van der Waals surface area (Å²) in [5.41, 5.74) is -0.395. The van der Waals surface area contributed by atoms with E-state index >= 15 is 0 Å². The molecule has 0 unspecified atom stereocenters. The number of methoxy groups -OCH3 is 1. The Labute approximate surface area is 164 Å².